The molecule has 0 amide bonds. The quantitative estimate of drug-likeness (QED) is 0.382. The van der Waals surface area contributed by atoms with Gasteiger partial charge in [0.25, 0.3) is 0 Å². The summed E-state index contributed by atoms with van der Waals surface area (Å²) >= 11 is 0. The molecule has 0 aromatic carbocycles. The number of phosphoric acid groups is 1. The predicted octanol–water partition coefficient (Wildman–Crippen LogP) is -0.694. The Hall–Kier alpha value is 0.220. The molecule has 0 aromatic rings. The van der Waals surface area contributed by atoms with E-state index in [9.17, 15) is 9.13 Å². The van der Waals surface area contributed by atoms with Gasteiger partial charge in [0, 0.05) is 0 Å². The van der Waals surface area contributed by atoms with E-state index in [0.717, 1.165) is 0 Å². The van der Waals surface area contributed by atoms with Gasteiger partial charge in [0.15, 0.2) is 0 Å². The summed E-state index contributed by atoms with van der Waals surface area (Å²) in [5.41, 5.74) is 0. The first-order valence-electron chi connectivity index (χ1n) is 3.91. The first-order chi connectivity index (χ1) is 6.31. The molecule has 0 fully saturated rings. The topological polar surface area (TPSA) is 124 Å². The molecule has 15 heavy (non-hydrogen) atoms. The van der Waals surface area contributed by atoms with Crippen molar-refractivity contribution in [3.63, 3.8) is 0 Å². The van der Waals surface area contributed by atoms with E-state index in [1.165, 1.54) is 0 Å². The lowest BCUT2D eigenvalue weighted by Crippen LogP contribution is -2.42. The van der Waals surface area contributed by atoms with Gasteiger partial charge in [-0.05, 0) is 0 Å². The Morgan fingerprint density at radius 2 is 1.53 bits per heavy atom. The molecule has 0 heterocycles. The van der Waals surface area contributed by atoms with Gasteiger partial charge in [0.2, 0.25) is 5.85 Å². The van der Waals surface area contributed by atoms with Gasteiger partial charge in [0.05, 0.1) is 21.1 Å². The van der Waals surface area contributed by atoms with Gasteiger partial charge in [-0.15, -0.1) is 0 Å². The minimum Gasteiger partial charge on any atom is -0.328 e. The normalized spacial score (nSPS) is 16.5. The lowest BCUT2D eigenvalue weighted by atomic mass is 10.5. The molecule has 1 unspecified atom stereocenters. The second kappa shape index (κ2) is 4.61. The van der Waals surface area contributed by atoms with Crippen LogP contribution >= 0.6 is 15.4 Å². The molecule has 0 saturated heterocycles. The van der Waals surface area contributed by atoms with E-state index >= 15 is 0 Å². The summed E-state index contributed by atoms with van der Waals surface area (Å²) in [5.74, 6) is -1.81. The molecule has 0 aromatic heterocycles. The van der Waals surface area contributed by atoms with Crippen molar-refractivity contribution in [3.05, 3.63) is 0 Å². The third-order valence-electron chi connectivity index (χ3n) is 1.34. The van der Waals surface area contributed by atoms with Crippen LogP contribution in [0.4, 0.5) is 0 Å². The second-order valence-corrected chi connectivity index (χ2v) is 7.06. The lowest BCUT2D eigenvalue weighted by molar-refractivity contribution is -0.871. The molecule has 1 atom stereocenters. The summed E-state index contributed by atoms with van der Waals surface area (Å²) in [6, 6.07) is 0. The Bertz CT molecular complexity index is 299. The Labute approximate surface area is 87.5 Å². The third-order valence-corrected chi connectivity index (χ3v) is 3.05. The van der Waals surface area contributed by atoms with Crippen molar-refractivity contribution in [1.82, 2.24) is 0 Å². The van der Waals surface area contributed by atoms with Crippen LogP contribution in [-0.4, -0.2) is 57.6 Å². The molecule has 0 spiro atoms. The molecule has 4 N–H and O–H groups in total. The zero-order valence-electron chi connectivity index (χ0n) is 8.64. The maximum absolute atomic E-state index is 10.9. The highest BCUT2D eigenvalue weighted by atomic mass is 31.2. The zero-order valence-corrected chi connectivity index (χ0v) is 10.4. The molecule has 0 aliphatic rings. The summed E-state index contributed by atoms with van der Waals surface area (Å²) in [7, 11) is -4.76. The maximum Gasteiger partial charge on any atom is 0.470 e. The van der Waals surface area contributed by atoms with Crippen LogP contribution in [0.1, 0.15) is 0 Å². The number of phosphoric ester groups is 1. The third kappa shape index (κ3) is 8.07. The minimum absolute atomic E-state index is 0.107. The molecule has 0 aliphatic heterocycles. The average molecular weight is 264 g/mol. The number of hydrogen-bond donors (Lipinski definition) is 4. The predicted molar refractivity (Wildman–Crippen MR) is 51.9 cm³/mol. The largest absolute Gasteiger partial charge is 0.470 e. The van der Waals surface area contributed by atoms with Gasteiger partial charge in [-0.2, -0.15) is 0 Å². The molecule has 8 nitrogen and oxygen atoms in total. The number of nitrogens with zero attached hydrogens (tertiary/aromatic N) is 1. The molecule has 0 rings (SSSR count). The van der Waals surface area contributed by atoms with Crippen molar-refractivity contribution in [2.75, 3.05) is 27.7 Å². The summed E-state index contributed by atoms with van der Waals surface area (Å²) in [5, 5.41) is 0. The van der Waals surface area contributed by atoms with E-state index in [4.69, 9.17) is 19.6 Å². The minimum atomic E-state index is -4.91. The van der Waals surface area contributed by atoms with Crippen LogP contribution in [-0.2, 0) is 13.7 Å². The molecule has 92 valence electrons. The van der Waals surface area contributed by atoms with E-state index in [1.54, 1.807) is 21.1 Å². The van der Waals surface area contributed by atoms with E-state index in [2.05, 4.69) is 4.52 Å². The number of likely N-dealkylation sites (N-methyl/N-ethyl adjacent to an activating group) is 1. The van der Waals surface area contributed by atoms with Crippen LogP contribution in [0.15, 0.2) is 0 Å². The summed E-state index contributed by atoms with van der Waals surface area (Å²) in [6.07, 6.45) is 0. The van der Waals surface area contributed by atoms with Crippen LogP contribution in [0.25, 0.3) is 0 Å². The van der Waals surface area contributed by atoms with Crippen LogP contribution in [0.2, 0.25) is 0 Å². The van der Waals surface area contributed by atoms with Crippen molar-refractivity contribution in [3.8, 4) is 0 Å². The first kappa shape index (κ1) is 15.2. The molecule has 0 saturated carbocycles. The van der Waals surface area contributed by atoms with Crippen molar-refractivity contribution in [2.24, 2.45) is 0 Å². The Kier molecular flexibility index (Phi) is 4.68. The van der Waals surface area contributed by atoms with Crippen LogP contribution in [0.3, 0.4) is 0 Å². The highest BCUT2D eigenvalue weighted by Gasteiger charge is 2.39. The highest BCUT2D eigenvalue weighted by molar-refractivity contribution is 7.53. The van der Waals surface area contributed by atoms with Gasteiger partial charge in [-0.3, -0.25) is 9.09 Å². The second-order valence-electron chi connectivity index (χ2n) is 4.11. The van der Waals surface area contributed by atoms with Crippen LogP contribution < -0.4 is 0 Å². The van der Waals surface area contributed by atoms with Crippen LogP contribution in [0, 0.1) is 0 Å². The van der Waals surface area contributed by atoms with E-state index in [0.29, 0.717) is 0 Å². The van der Waals surface area contributed by atoms with Gasteiger partial charge >= 0.3 is 15.4 Å². The van der Waals surface area contributed by atoms with E-state index in [-0.39, 0.29) is 11.0 Å². The van der Waals surface area contributed by atoms with E-state index < -0.39 is 21.3 Å². The highest BCUT2D eigenvalue weighted by Crippen LogP contribution is 2.50. The number of hydrogen-bond acceptors (Lipinski definition) is 3. The SMILES string of the molecule is C[N+](C)(C)CC(OP(=O)(O)O)P(=O)(O)O. The monoisotopic (exact) mass is 264 g/mol. The van der Waals surface area contributed by atoms with Crippen molar-refractivity contribution < 1.29 is 37.7 Å². The smallest absolute Gasteiger partial charge is 0.328 e. The summed E-state index contributed by atoms with van der Waals surface area (Å²) in [4.78, 5) is 34.6. The molecular formula is C5H16NO7P2+. The van der Waals surface area contributed by atoms with Gasteiger partial charge in [0.1, 0.15) is 6.54 Å². The van der Waals surface area contributed by atoms with Crippen molar-refractivity contribution >= 4 is 15.4 Å². The van der Waals surface area contributed by atoms with Gasteiger partial charge in [-0.25, -0.2) is 4.57 Å². The van der Waals surface area contributed by atoms with Crippen LogP contribution in [0.5, 0.6) is 0 Å². The first-order valence-corrected chi connectivity index (χ1v) is 7.12. The number of rotatable bonds is 5. The average Bonchev–Trinajstić information content (AvgIpc) is 1.75. The zero-order chi connectivity index (χ0) is 12.5. The lowest BCUT2D eigenvalue weighted by Gasteiger charge is -2.29. The standard InChI is InChI=1S/C5H15NO7P2/c1-6(2,3)4-5(14(7,8)9)13-15(10,11)12/h5H,4H2,1-3H3,(H3-,7,8,9,10,11,12)/p+1. The fourth-order valence-electron chi connectivity index (χ4n) is 0.828. The molecule has 0 radical (unpaired) electrons. The molecule has 0 aliphatic carbocycles. The maximum atomic E-state index is 10.9. The molecule has 10 heteroatoms. The Morgan fingerprint density at radius 3 is 1.73 bits per heavy atom. The van der Waals surface area contributed by atoms with Crippen molar-refractivity contribution in [2.45, 2.75) is 5.85 Å². The summed E-state index contributed by atoms with van der Waals surface area (Å²) < 4.78 is 25.6. The van der Waals surface area contributed by atoms with Gasteiger partial charge in [-0.1, -0.05) is 0 Å². The Balaban J connectivity index is 4.78. The van der Waals surface area contributed by atoms with Gasteiger partial charge < -0.3 is 24.1 Å². The fraction of sp³-hybridized carbons (Fsp3) is 1.00. The van der Waals surface area contributed by atoms with E-state index in [1.807, 2.05) is 0 Å². The fourth-order valence-corrected chi connectivity index (χ4v) is 2.77. The summed E-state index contributed by atoms with van der Waals surface area (Å²) in [6.45, 7) is -0.213. The van der Waals surface area contributed by atoms with Crippen molar-refractivity contribution in [1.29, 1.82) is 0 Å². The molecule has 0 bridgehead atoms. The Morgan fingerprint density at radius 1 is 1.13 bits per heavy atom. The number of quaternary nitrogens is 1. The molecular weight excluding hydrogens is 248 g/mol.